The minimum Gasteiger partial charge on any atom is -0.392 e. The number of hydrogen-bond acceptors (Lipinski definition) is 3. The number of nitrogens with zero attached hydrogens (tertiary/aromatic N) is 1. The molecule has 2 nitrogen and oxygen atoms in total. The molecule has 0 spiro atoms. The summed E-state index contributed by atoms with van der Waals surface area (Å²) in [7, 11) is 2.01. The standard InChI is InChI=1S/C4H8N2S/c1-6-2-4(5)7-3-6/h2H,3,5H2,1H3. The van der Waals surface area contributed by atoms with Gasteiger partial charge in [0.15, 0.2) is 0 Å². The lowest BCUT2D eigenvalue weighted by molar-refractivity contribution is 0.550. The average molecular weight is 116 g/mol. The minimum atomic E-state index is 0.919. The van der Waals surface area contributed by atoms with Crippen molar-refractivity contribution in [3.63, 3.8) is 0 Å². The SMILES string of the molecule is CN1C=C(N)SC1. The largest absolute Gasteiger partial charge is 0.392 e. The van der Waals surface area contributed by atoms with Gasteiger partial charge in [0.25, 0.3) is 0 Å². The van der Waals surface area contributed by atoms with Crippen LogP contribution < -0.4 is 5.73 Å². The van der Waals surface area contributed by atoms with Crippen LogP contribution in [0.25, 0.3) is 0 Å². The van der Waals surface area contributed by atoms with Crippen LogP contribution in [-0.2, 0) is 0 Å². The molecule has 0 radical (unpaired) electrons. The van der Waals surface area contributed by atoms with E-state index in [0.29, 0.717) is 0 Å². The summed E-state index contributed by atoms with van der Waals surface area (Å²) in [5, 5.41) is 0.919. The molecule has 40 valence electrons. The monoisotopic (exact) mass is 116 g/mol. The van der Waals surface area contributed by atoms with Crippen molar-refractivity contribution in [2.45, 2.75) is 0 Å². The first-order chi connectivity index (χ1) is 3.29. The Hall–Kier alpha value is -0.310. The second-order valence-corrected chi connectivity index (χ2v) is 2.58. The highest BCUT2D eigenvalue weighted by atomic mass is 32.2. The number of rotatable bonds is 0. The first-order valence-electron chi connectivity index (χ1n) is 2.09. The maximum Gasteiger partial charge on any atom is 0.0834 e. The summed E-state index contributed by atoms with van der Waals surface area (Å²) >= 11 is 1.67. The van der Waals surface area contributed by atoms with Crippen LogP contribution in [0.3, 0.4) is 0 Å². The van der Waals surface area contributed by atoms with E-state index in [1.807, 2.05) is 13.2 Å². The lowest BCUT2D eigenvalue weighted by Gasteiger charge is -2.00. The fraction of sp³-hybridized carbons (Fsp3) is 0.500. The van der Waals surface area contributed by atoms with Crippen molar-refractivity contribution in [1.82, 2.24) is 4.90 Å². The van der Waals surface area contributed by atoms with E-state index in [1.54, 1.807) is 11.8 Å². The Bertz CT molecular complexity index is 99.9. The van der Waals surface area contributed by atoms with Gasteiger partial charge in [0.1, 0.15) is 0 Å². The smallest absolute Gasteiger partial charge is 0.0834 e. The highest BCUT2D eigenvalue weighted by Crippen LogP contribution is 2.17. The molecule has 0 aromatic heterocycles. The van der Waals surface area contributed by atoms with Gasteiger partial charge in [0.05, 0.1) is 10.9 Å². The molecule has 1 heterocycles. The topological polar surface area (TPSA) is 29.3 Å². The third-order valence-corrected chi connectivity index (χ3v) is 1.76. The Morgan fingerprint density at radius 3 is 2.86 bits per heavy atom. The van der Waals surface area contributed by atoms with E-state index in [-0.39, 0.29) is 0 Å². The van der Waals surface area contributed by atoms with Crippen molar-refractivity contribution >= 4 is 11.8 Å². The minimum absolute atomic E-state index is 0.919. The zero-order valence-electron chi connectivity index (χ0n) is 4.22. The van der Waals surface area contributed by atoms with Crippen LogP contribution in [0.1, 0.15) is 0 Å². The Morgan fingerprint density at radius 2 is 2.71 bits per heavy atom. The van der Waals surface area contributed by atoms with Crippen LogP contribution in [0.15, 0.2) is 11.2 Å². The fourth-order valence-corrected chi connectivity index (χ4v) is 1.15. The van der Waals surface area contributed by atoms with Crippen LogP contribution >= 0.6 is 11.8 Å². The number of nitrogens with two attached hydrogens (primary N) is 1. The molecular weight excluding hydrogens is 108 g/mol. The third-order valence-electron chi connectivity index (χ3n) is 0.782. The highest BCUT2D eigenvalue weighted by molar-refractivity contribution is 8.03. The molecular formula is C4H8N2S. The predicted molar refractivity (Wildman–Crippen MR) is 32.5 cm³/mol. The lowest BCUT2D eigenvalue weighted by Crippen LogP contribution is -2.02. The van der Waals surface area contributed by atoms with E-state index < -0.39 is 0 Å². The van der Waals surface area contributed by atoms with E-state index in [0.717, 1.165) is 10.9 Å². The number of hydrogen-bond donors (Lipinski definition) is 1. The van der Waals surface area contributed by atoms with Gasteiger partial charge in [-0.15, -0.1) is 0 Å². The van der Waals surface area contributed by atoms with E-state index >= 15 is 0 Å². The molecule has 0 bridgehead atoms. The summed E-state index contributed by atoms with van der Waals surface area (Å²) in [6.45, 7) is 0. The molecule has 1 aliphatic rings. The van der Waals surface area contributed by atoms with Crippen molar-refractivity contribution in [2.24, 2.45) is 5.73 Å². The van der Waals surface area contributed by atoms with E-state index in [9.17, 15) is 0 Å². The molecule has 0 saturated carbocycles. The maximum atomic E-state index is 5.41. The fourth-order valence-electron chi connectivity index (χ4n) is 0.468. The molecule has 3 heteroatoms. The van der Waals surface area contributed by atoms with Crippen molar-refractivity contribution in [2.75, 3.05) is 12.9 Å². The summed E-state index contributed by atoms with van der Waals surface area (Å²) in [5.41, 5.74) is 5.41. The summed E-state index contributed by atoms with van der Waals surface area (Å²) in [6, 6.07) is 0. The van der Waals surface area contributed by atoms with Gasteiger partial charge in [-0.1, -0.05) is 11.8 Å². The first-order valence-corrected chi connectivity index (χ1v) is 3.08. The molecule has 0 aromatic rings. The van der Waals surface area contributed by atoms with Crippen molar-refractivity contribution < 1.29 is 0 Å². The van der Waals surface area contributed by atoms with Crippen LogP contribution in [0, 0.1) is 0 Å². The molecule has 1 rings (SSSR count). The molecule has 0 aromatic carbocycles. The van der Waals surface area contributed by atoms with Gasteiger partial charge in [-0.05, 0) is 0 Å². The van der Waals surface area contributed by atoms with Gasteiger partial charge in [0.2, 0.25) is 0 Å². The zero-order chi connectivity index (χ0) is 5.28. The molecule has 0 fully saturated rings. The van der Waals surface area contributed by atoms with Gasteiger partial charge in [-0.3, -0.25) is 0 Å². The summed E-state index contributed by atoms with van der Waals surface area (Å²) in [4.78, 5) is 2.06. The Morgan fingerprint density at radius 1 is 2.00 bits per heavy atom. The van der Waals surface area contributed by atoms with Gasteiger partial charge in [0, 0.05) is 13.2 Å². The Kier molecular flexibility index (Phi) is 1.15. The summed E-state index contributed by atoms with van der Waals surface area (Å²) in [5.74, 6) is 1.01. The summed E-state index contributed by atoms with van der Waals surface area (Å²) < 4.78 is 0. The summed E-state index contributed by atoms with van der Waals surface area (Å²) in [6.07, 6.45) is 1.94. The second kappa shape index (κ2) is 1.66. The van der Waals surface area contributed by atoms with Gasteiger partial charge < -0.3 is 10.6 Å². The quantitative estimate of drug-likeness (QED) is 0.496. The predicted octanol–water partition coefficient (Wildman–Crippen LogP) is 0.380. The lowest BCUT2D eigenvalue weighted by atomic mass is 10.8. The van der Waals surface area contributed by atoms with E-state index in [4.69, 9.17) is 5.73 Å². The van der Waals surface area contributed by atoms with Gasteiger partial charge in [-0.2, -0.15) is 0 Å². The van der Waals surface area contributed by atoms with Crippen LogP contribution in [0.2, 0.25) is 0 Å². The van der Waals surface area contributed by atoms with Crippen molar-refractivity contribution in [3.05, 3.63) is 11.2 Å². The molecule has 2 N–H and O–H groups in total. The molecule has 0 saturated heterocycles. The van der Waals surface area contributed by atoms with Crippen LogP contribution in [-0.4, -0.2) is 17.8 Å². The van der Waals surface area contributed by atoms with Crippen molar-refractivity contribution in [1.29, 1.82) is 0 Å². The van der Waals surface area contributed by atoms with E-state index in [1.165, 1.54) is 0 Å². The zero-order valence-corrected chi connectivity index (χ0v) is 5.03. The normalized spacial score (nSPS) is 20.1. The maximum absolute atomic E-state index is 5.41. The third kappa shape index (κ3) is 1.03. The molecule has 1 aliphatic heterocycles. The molecule has 0 aliphatic carbocycles. The number of thioether (sulfide) groups is 1. The van der Waals surface area contributed by atoms with Crippen molar-refractivity contribution in [3.8, 4) is 0 Å². The first kappa shape index (κ1) is 4.84. The molecule has 0 unspecified atom stereocenters. The Labute approximate surface area is 47.4 Å². The van der Waals surface area contributed by atoms with Gasteiger partial charge >= 0.3 is 0 Å². The van der Waals surface area contributed by atoms with E-state index in [2.05, 4.69) is 4.90 Å². The second-order valence-electron chi connectivity index (χ2n) is 1.56. The Balaban J connectivity index is 2.50. The average Bonchev–Trinajstić information content (AvgIpc) is 1.87. The van der Waals surface area contributed by atoms with Crippen LogP contribution in [0.5, 0.6) is 0 Å². The molecule has 7 heavy (non-hydrogen) atoms. The molecule has 0 atom stereocenters. The molecule has 0 amide bonds. The highest BCUT2D eigenvalue weighted by Gasteiger charge is 2.02. The van der Waals surface area contributed by atoms with Gasteiger partial charge in [-0.25, -0.2) is 0 Å². The van der Waals surface area contributed by atoms with Crippen LogP contribution in [0.4, 0.5) is 0 Å².